The van der Waals surface area contributed by atoms with Crippen LogP contribution in [0.2, 0.25) is 0 Å². The zero-order chi connectivity index (χ0) is 14.7. The minimum atomic E-state index is -0.174. The molecule has 1 aliphatic heterocycles. The van der Waals surface area contributed by atoms with Gasteiger partial charge in [0, 0.05) is 30.9 Å². The predicted molar refractivity (Wildman–Crippen MR) is 80.4 cm³/mol. The van der Waals surface area contributed by atoms with Crippen molar-refractivity contribution in [2.24, 2.45) is 0 Å². The first-order valence-electron chi connectivity index (χ1n) is 7.27. The Morgan fingerprint density at radius 2 is 2.24 bits per heavy atom. The SMILES string of the molecule is Cc1cc(C(=O)NC[C@@H]2CCCN2c2ccccc2)no1. The van der Waals surface area contributed by atoms with E-state index in [1.54, 1.807) is 13.0 Å². The van der Waals surface area contributed by atoms with Gasteiger partial charge in [-0.15, -0.1) is 0 Å². The molecule has 0 radical (unpaired) electrons. The van der Waals surface area contributed by atoms with Crippen LogP contribution in [0.4, 0.5) is 5.69 Å². The summed E-state index contributed by atoms with van der Waals surface area (Å²) in [6.07, 6.45) is 2.24. The van der Waals surface area contributed by atoms with Crippen LogP contribution in [0, 0.1) is 6.92 Å². The van der Waals surface area contributed by atoms with Crippen molar-refractivity contribution < 1.29 is 9.32 Å². The second kappa shape index (κ2) is 5.99. The number of aryl methyl sites for hydroxylation is 1. The lowest BCUT2D eigenvalue weighted by molar-refractivity contribution is 0.0942. The van der Waals surface area contributed by atoms with Crippen molar-refractivity contribution in [1.82, 2.24) is 10.5 Å². The molecule has 0 spiro atoms. The first-order valence-corrected chi connectivity index (χ1v) is 7.27. The summed E-state index contributed by atoms with van der Waals surface area (Å²) in [6, 6.07) is 12.3. The van der Waals surface area contributed by atoms with Crippen LogP contribution in [0.25, 0.3) is 0 Å². The lowest BCUT2D eigenvalue weighted by Crippen LogP contribution is -2.40. The highest BCUT2D eigenvalue weighted by Crippen LogP contribution is 2.24. The number of hydrogen-bond donors (Lipinski definition) is 1. The molecule has 1 aromatic heterocycles. The van der Waals surface area contributed by atoms with Gasteiger partial charge in [0.2, 0.25) is 0 Å². The molecule has 2 aromatic rings. The summed E-state index contributed by atoms with van der Waals surface area (Å²) in [5, 5.41) is 6.69. The maximum atomic E-state index is 12.0. The van der Waals surface area contributed by atoms with E-state index >= 15 is 0 Å². The van der Waals surface area contributed by atoms with Crippen LogP contribution < -0.4 is 10.2 Å². The van der Waals surface area contributed by atoms with Gasteiger partial charge >= 0.3 is 0 Å². The number of aromatic nitrogens is 1. The maximum absolute atomic E-state index is 12.0. The molecule has 0 aliphatic carbocycles. The lowest BCUT2D eigenvalue weighted by Gasteiger charge is -2.26. The second-order valence-electron chi connectivity index (χ2n) is 5.36. The molecule has 5 heteroatoms. The number of rotatable bonds is 4. The number of amides is 1. The van der Waals surface area contributed by atoms with Gasteiger partial charge in [0.25, 0.3) is 5.91 Å². The van der Waals surface area contributed by atoms with E-state index in [0.29, 0.717) is 24.0 Å². The van der Waals surface area contributed by atoms with Crippen molar-refractivity contribution in [3.8, 4) is 0 Å². The molecule has 1 aromatic carbocycles. The Morgan fingerprint density at radius 3 is 2.95 bits per heavy atom. The van der Waals surface area contributed by atoms with Crippen molar-refractivity contribution in [1.29, 1.82) is 0 Å². The van der Waals surface area contributed by atoms with Gasteiger partial charge in [0.1, 0.15) is 5.76 Å². The molecule has 3 rings (SSSR count). The highest BCUT2D eigenvalue weighted by molar-refractivity contribution is 5.92. The molecule has 110 valence electrons. The van der Waals surface area contributed by atoms with Crippen LogP contribution in [0.3, 0.4) is 0 Å². The van der Waals surface area contributed by atoms with Gasteiger partial charge in [-0.2, -0.15) is 0 Å². The Labute approximate surface area is 123 Å². The predicted octanol–water partition coefficient (Wildman–Crippen LogP) is 2.38. The third kappa shape index (κ3) is 3.07. The number of benzene rings is 1. The molecule has 1 amide bonds. The summed E-state index contributed by atoms with van der Waals surface area (Å²) in [6.45, 7) is 3.44. The Morgan fingerprint density at radius 1 is 1.43 bits per heavy atom. The average Bonchev–Trinajstić information content (AvgIpc) is 3.14. The third-order valence-corrected chi connectivity index (χ3v) is 3.82. The Bertz CT molecular complexity index is 609. The molecular weight excluding hydrogens is 266 g/mol. The van der Waals surface area contributed by atoms with Crippen molar-refractivity contribution in [3.63, 3.8) is 0 Å². The molecule has 5 nitrogen and oxygen atoms in total. The number of nitrogens with zero attached hydrogens (tertiary/aromatic N) is 2. The van der Waals surface area contributed by atoms with Crippen LogP contribution in [-0.2, 0) is 0 Å². The standard InChI is InChI=1S/C16H19N3O2/c1-12-10-15(18-21-12)16(20)17-11-14-8-5-9-19(14)13-6-3-2-4-7-13/h2-4,6-7,10,14H,5,8-9,11H2,1H3,(H,17,20)/t14-/m0/s1. The molecule has 1 saturated heterocycles. The summed E-state index contributed by atoms with van der Waals surface area (Å²) >= 11 is 0. The fourth-order valence-electron chi connectivity index (χ4n) is 2.78. The largest absolute Gasteiger partial charge is 0.367 e. The number of hydrogen-bond acceptors (Lipinski definition) is 4. The Hall–Kier alpha value is -2.30. The topological polar surface area (TPSA) is 58.4 Å². The fourth-order valence-corrected chi connectivity index (χ4v) is 2.78. The summed E-state index contributed by atoms with van der Waals surface area (Å²) in [5.41, 5.74) is 1.56. The van der Waals surface area contributed by atoms with Crippen LogP contribution in [-0.4, -0.2) is 30.2 Å². The molecule has 21 heavy (non-hydrogen) atoms. The van der Waals surface area contributed by atoms with E-state index < -0.39 is 0 Å². The van der Waals surface area contributed by atoms with Gasteiger partial charge in [0.05, 0.1) is 0 Å². The molecular formula is C16H19N3O2. The summed E-state index contributed by atoms with van der Waals surface area (Å²) in [5.74, 6) is 0.471. The van der Waals surface area contributed by atoms with Gasteiger partial charge in [-0.1, -0.05) is 23.4 Å². The zero-order valence-electron chi connectivity index (χ0n) is 12.1. The summed E-state index contributed by atoms with van der Waals surface area (Å²) < 4.78 is 4.93. The number of carbonyl (C=O) groups is 1. The quantitative estimate of drug-likeness (QED) is 0.937. The minimum absolute atomic E-state index is 0.174. The molecule has 0 bridgehead atoms. The van der Waals surface area contributed by atoms with Crippen LogP contribution >= 0.6 is 0 Å². The van der Waals surface area contributed by atoms with Gasteiger partial charge in [-0.3, -0.25) is 4.79 Å². The van der Waals surface area contributed by atoms with Gasteiger partial charge < -0.3 is 14.7 Å². The van der Waals surface area contributed by atoms with Gasteiger partial charge in [0.15, 0.2) is 5.69 Å². The van der Waals surface area contributed by atoms with Crippen molar-refractivity contribution in [2.45, 2.75) is 25.8 Å². The number of para-hydroxylation sites is 1. The molecule has 0 unspecified atom stereocenters. The molecule has 1 N–H and O–H groups in total. The first kappa shape index (κ1) is 13.7. The first-order chi connectivity index (χ1) is 10.2. The van der Waals surface area contributed by atoms with Crippen molar-refractivity contribution in [3.05, 3.63) is 47.9 Å². The van der Waals surface area contributed by atoms with Gasteiger partial charge in [-0.25, -0.2) is 0 Å². The van der Waals surface area contributed by atoms with E-state index in [0.717, 1.165) is 19.4 Å². The van der Waals surface area contributed by atoms with Crippen LogP contribution in [0.1, 0.15) is 29.1 Å². The van der Waals surface area contributed by atoms with E-state index in [2.05, 4.69) is 27.5 Å². The smallest absolute Gasteiger partial charge is 0.273 e. The molecule has 1 fully saturated rings. The van der Waals surface area contributed by atoms with Crippen LogP contribution in [0.5, 0.6) is 0 Å². The number of nitrogens with one attached hydrogen (secondary N) is 1. The van der Waals surface area contributed by atoms with Gasteiger partial charge in [-0.05, 0) is 31.9 Å². The fraction of sp³-hybridized carbons (Fsp3) is 0.375. The van der Waals surface area contributed by atoms with E-state index in [-0.39, 0.29) is 5.91 Å². The van der Waals surface area contributed by atoms with Crippen molar-refractivity contribution >= 4 is 11.6 Å². The number of carbonyl (C=O) groups excluding carboxylic acids is 1. The Balaban J connectivity index is 1.61. The lowest BCUT2D eigenvalue weighted by atomic mass is 10.2. The van der Waals surface area contributed by atoms with Crippen LogP contribution in [0.15, 0.2) is 40.9 Å². The summed E-state index contributed by atoms with van der Waals surface area (Å²) in [7, 11) is 0. The van der Waals surface area contributed by atoms with E-state index in [1.807, 2.05) is 18.2 Å². The second-order valence-corrected chi connectivity index (χ2v) is 5.36. The number of anilines is 1. The Kier molecular flexibility index (Phi) is 3.90. The maximum Gasteiger partial charge on any atom is 0.273 e. The average molecular weight is 285 g/mol. The summed E-state index contributed by atoms with van der Waals surface area (Å²) in [4.78, 5) is 14.4. The normalized spacial score (nSPS) is 18.0. The minimum Gasteiger partial charge on any atom is -0.367 e. The van der Waals surface area contributed by atoms with E-state index in [9.17, 15) is 4.79 Å². The highest BCUT2D eigenvalue weighted by Gasteiger charge is 2.25. The monoisotopic (exact) mass is 285 g/mol. The van der Waals surface area contributed by atoms with E-state index in [1.165, 1.54) is 5.69 Å². The highest BCUT2D eigenvalue weighted by atomic mass is 16.5. The molecule has 1 aliphatic rings. The molecule has 2 heterocycles. The van der Waals surface area contributed by atoms with Crippen molar-refractivity contribution in [2.75, 3.05) is 18.0 Å². The molecule has 0 saturated carbocycles. The third-order valence-electron chi connectivity index (χ3n) is 3.82. The zero-order valence-corrected chi connectivity index (χ0v) is 12.1. The van der Waals surface area contributed by atoms with E-state index in [4.69, 9.17) is 4.52 Å². The molecule has 1 atom stereocenters.